The SMILES string of the molecule is C[C@H]1CC(F)(F)C(NCC(=O)N[C@@H](Cc2cc(F)cc(F)c2)c2nc(C#CC(C)(C)S(C)(=O)=O)ccc2-c2ccc(Cl)c3c(N(C(=O)OCCO)S(C)(=O)=O)nn(CC(F)(F)F)c23)=C1C(=N)C(F)(F)F. The number of hydrogen-bond acceptors (Lipinski definition) is 12. The maximum atomic E-state index is 15.2. The molecule has 28 heteroatoms. The zero-order chi connectivity index (χ0) is 52.7. The predicted molar refractivity (Wildman–Crippen MR) is 234 cm³/mol. The van der Waals surface area contributed by atoms with Gasteiger partial charge in [0.1, 0.15) is 40.9 Å². The van der Waals surface area contributed by atoms with E-state index in [2.05, 4.69) is 27.2 Å². The number of alkyl halides is 8. The molecule has 2 atom stereocenters. The molecule has 15 nitrogen and oxygen atoms in total. The van der Waals surface area contributed by atoms with Crippen LogP contribution in [0.4, 0.5) is 54.5 Å². The van der Waals surface area contributed by atoms with Crippen molar-refractivity contribution in [2.24, 2.45) is 5.92 Å². The fourth-order valence-electron chi connectivity index (χ4n) is 7.20. The number of halogens is 11. The number of aromatic nitrogens is 3. The van der Waals surface area contributed by atoms with Gasteiger partial charge in [0.15, 0.2) is 15.7 Å². The van der Waals surface area contributed by atoms with Crippen molar-refractivity contribution < 1.29 is 80.2 Å². The standard InChI is InChI=1S/C42H40ClF10N7O8S2/c1-21-18-40(46,47)36(31(21)35(54)42(51,52)53)55-19-30(62)57-29(16-22-14-23(44)17-24(45)15-22)33-26(7-6-25(56-33)10-11-39(2,3)69(4,64)65)27-8-9-28(43)32-34(27)59(20-41(48,49)50)58-37(32)60(70(5,66)67)38(63)68-13-12-61/h6-9,14-15,17,21,29,54-55,61H,12-13,16,18-20H2,1-5H3,(H,57,62)/t21-,29-/m0/s1. The Bertz CT molecular complexity index is 3060. The summed E-state index contributed by atoms with van der Waals surface area (Å²) in [5.41, 5.74) is -7.08. The first kappa shape index (κ1) is 55.0. The number of fused-ring (bicyclic) bond motifs is 1. The zero-order valence-corrected chi connectivity index (χ0v) is 39.4. The minimum atomic E-state index is -5.38. The number of ether oxygens (including phenoxy) is 1. The number of aliphatic hydroxyl groups excluding tert-OH is 1. The molecule has 0 radical (unpaired) electrons. The Balaban J connectivity index is 1.83. The topological polar surface area (TPSA) is 214 Å². The molecule has 5 rings (SSSR count). The molecule has 0 spiro atoms. The summed E-state index contributed by atoms with van der Waals surface area (Å²) in [7, 11) is -8.76. The maximum absolute atomic E-state index is 15.2. The number of amides is 2. The summed E-state index contributed by atoms with van der Waals surface area (Å²) in [5, 5.41) is 23.9. The second-order valence-corrected chi connectivity index (χ2v) is 21.2. The molecule has 2 amide bonds. The Morgan fingerprint density at radius 1 is 1.03 bits per heavy atom. The van der Waals surface area contributed by atoms with Crippen LogP contribution < -0.4 is 14.9 Å². The lowest BCUT2D eigenvalue weighted by atomic mass is 9.93. The van der Waals surface area contributed by atoms with Crippen LogP contribution in [-0.2, 0) is 42.4 Å². The minimum absolute atomic E-state index is 0.130. The van der Waals surface area contributed by atoms with Crippen molar-refractivity contribution in [1.82, 2.24) is 25.4 Å². The number of pyridine rings is 1. The Kier molecular flexibility index (Phi) is 15.7. The number of sulfonamides is 1. The van der Waals surface area contributed by atoms with E-state index >= 15 is 8.78 Å². The molecule has 0 saturated carbocycles. The van der Waals surface area contributed by atoms with Crippen LogP contribution in [0.2, 0.25) is 5.02 Å². The van der Waals surface area contributed by atoms with Gasteiger partial charge >= 0.3 is 18.4 Å². The average Bonchev–Trinajstić information content (AvgIpc) is 3.67. The molecule has 0 unspecified atom stereocenters. The highest BCUT2D eigenvalue weighted by atomic mass is 35.5. The molecule has 0 fully saturated rings. The van der Waals surface area contributed by atoms with Crippen molar-refractivity contribution in [1.29, 1.82) is 5.41 Å². The third-order valence-corrected chi connectivity index (χ3v) is 13.7. The van der Waals surface area contributed by atoms with Crippen molar-refractivity contribution in [2.45, 2.75) is 69.2 Å². The minimum Gasteiger partial charge on any atom is -0.446 e. The van der Waals surface area contributed by atoms with Gasteiger partial charge in [-0.3, -0.25) is 14.9 Å². The van der Waals surface area contributed by atoms with Crippen LogP contribution >= 0.6 is 11.6 Å². The number of anilines is 1. The number of nitrogens with zero attached hydrogens (tertiary/aromatic N) is 4. The van der Waals surface area contributed by atoms with Gasteiger partial charge in [-0.25, -0.2) is 35.4 Å². The van der Waals surface area contributed by atoms with Crippen LogP contribution in [-0.4, -0.2) is 110 Å². The highest BCUT2D eigenvalue weighted by Crippen LogP contribution is 2.46. The van der Waals surface area contributed by atoms with E-state index in [1.54, 1.807) is 0 Å². The Hall–Kier alpha value is -5.98. The summed E-state index contributed by atoms with van der Waals surface area (Å²) in [6.45, 7) is -1.39. The summed E-state index contributed by atoms with van der Waals surface area (Å²) >= 11 is 6.54. The van der Waals surface area contributed by atoms with Crippen LogP contribution in [0, 0.1) is 34.8 Å². The van der Waals surface area contributed by atoms with Crippen molar-refractivity contribution in [2.75, 3.05) is 36.6 Å². The molecule has 2 aromatic heterocycles. The lowest BCUT2D eigenvalue weighted by molar-refractivity contribution is -0.141. The molecular formula is C42H40ClF10N7O8S2. The number of sulfone groups is 1. The number of hydrogen-bond donors (Lipinski definition) is 4. The molecule has 2 heterocycles. The number of allylic oxidation sites excluding steroid dienone is 2. The summed E-state index contributed by atoms with van der Waals surface area (Å²) in [4.78, 5) is 31.5. The van der Waals surface area contributed by atoms with E-state index < -0.39 is 162 Å². The first-order valence-electron chi connectivity index (χ1n) is 20.1. The van der Waals surface area contributed by atoms with Crippen molar-refractivity contribution in [3.8, 4) is 23.0 Å². The monoisotopic (exact) mass is 1060 g/mol. The normalized spacial score (nSPS) is 15.9. The quantitative estimate of drug-likeness (QED) is 0.0533. The van der Waals surface area contributed by atoms with Crippen molar-refractivity contribution in [3.63, 3.8) is 0 Å². The molecule has 1 aliphatic rings. The average molecular weight is 1060 g/mol. The largest absolute Gasteiger partial charge is 0.446 e. The van der Waals surface area contributed by atoms with Gasteiger partial charge in [0, 0.05) is 35.4 Å². The Labute approximate surface area is 397 Å². The van der Waals surface area contributed by atoms with Gasteiger partial charge in [0.2, 0.25) is 15.9 Å². The molecule has 0 aliphatic heterocycles. The number of rotatable bonds is 15. The van der Waals surface area contributed by atoms with Crippen LogP contribution in [0.15, 0.2) is 53.7 Å². The Morgan fingerprint density at radius 2 is 1.64 bits per heavy atom. The first-order chi connectivity index (χ1) is 32.1. The van der Waals surface area contributed by atoms with Gasteiger partial charge in [-0.2, -0.15) is 44.5 Å². The summed E-state index contributed by atoms with van der Waals surface area (Å²) in [6.07, 6.45) is -12.8. The lowest BCUT2D eigenvalue weighted by Gasteiger charge is -2.24. The van der Waals surface area contributed by atoms with Crippen LogP contribution in [0.25, 0.3) is 22.0 Å². The van der Waals surface area contributed by atoms with Gasteiger partial charge in [-0.1, -0.05) is 30.5 Å². The molecule has 70 heavy (non-hydrogen) atoms. The van der Waals surface area contributed by atoms with Gasteiger partial charge in [0.25, 0.3) is 5.92 Å². The number of benzene rings is 2. The Morgan fingerprint density at radius 3 is 2.20 bits per heavy atom. The molecule has 0 bridgehead atoms. The molecule has 4 aromatic rings. The van der Waals surface area contributed by atoms with Gasteiger partial charge in [0.05, 0.1) is 52.8 Å². The zero-order valence-electron chi connectivity index (χ0n) is 37.0. The fourth-order valence-corrected chi connectivity index (χ4v) is 8.44. The number of nitrogens with one attached hydrogen (secondary N) is 3. The van der Waals surface area contributed by atoms with Crippen molar-refractivity contribution >= 4 is 65.9 Å². The smallest absolute Gasteiger partial charge is 0.433 e. The van der Waals surface area contributed by atoms with E-state index in [9.17, 15) is 66.7 Å². The summed E-state index contributed by atoms with van der Waals surface area (Å²) in [6, 6.07) is 4.62. The number of carbonyl (C=O) groups excluding carboxylic acids is 2. The second-order valence-electron chi connectivity index (χ2n) is 16.4. The van der Waals surface area contributed by atoms with Crippen LogP contribution in [0.1, 0.15) is 50.2 Å². The van der Waals surface area contributed by atoms with Gasteiger partial charge in [-0.05, 0) is 68.0 Å². The van der Waals surface area contributed by atoms with Crippen molar-refractivity contribution in [3.05, 3.63) is 87.3 Å². The predicted octanol–water partition coefficient (Wildman–Crippen LogP) is 7.16. The molecule has 380 valence electrons. The molecule has 4 N–H and O–H groups in total. The van der Waals surface area contributed by atoms with Crippen LogP contribution in [0.5, 0.6) is 0 Å². The molecule has 0 saturated heterocycles. The first-order valence-corrected chi connectivity index (χ1v) is 24.2. The van der Waals surface area contributed by atoms with E-state index in [4.69, 9.17) is 21.7 Å². The van der Waals surface area contributed by atoms with E-state index in [-0.39, 0.29) is 31.4 Å². The number of carbonyl (C=O) groups is 2. The molecule has 2 aromatic carbocycles. The molecule has 1 aliphatic carbocycles. The highest BCUT2D eigenvalue weighted by Gasteiger charge is 2.51. The van der Waals surface area contributed by atoms with Gasteiger partial charge in [-0.15, -0.1) is 0 Å². The highest BCUT2D eigenvalue weighted by molar-refractivity contribution is 7.93. The van der Waals surface area contributed by atoms with Gasteiger partial charge < -0.3 is 20.5 Å². The van der Waals surface area contributed by atoms with E-state index in [0.717, 1.165) is 49.6 Å². The summed E-state index contributed by atoms with van der Waals surface area (Å²) < 4.78 is 198. The second kappa shape index (κ2) is 20.0. The maximum Gasteiger partial charge on any atom is 0.433 e. The van der Waals surface area contributed by atoms with E-state index in [1.807, 2.05) is 5.32 Å². The third kappa shape index (κ3) is 12.5. The summed E-state index contributed by atoms with van der Waals surface area (Å²) in [5.74, 6) is -5.14. The third-order valence-electron chi connectivity index (χ3n) is 10.5. The molecular weight excluding hydrogens is 1020 g/mol. The number of aliphatic hydroxyl groups is 1. The van der Waals surface area contributed by atoms with Crippen LogP contribution in [0.3, 0.4) is 0 Å². The lowest BCUT2D eigenvalue weighted by Crippen LogP contribution is -2.40. The van der Waals surface area contributed by atoms with E-state index in [1.165, 1.54) is 13.8 Å². The fraction of sp³-hybridized carbons (Fsp3) is 0.405. The van der Waals surface area contributed by atoms with E-state index in [0.29, 0.717) is 12.3 Å².